The van der Waals surface area contributed by atoms with Crippen LogP contribution in [0.1, 0.15) is 12.1 Å². The zero-order valence-corrected chi connectivity index (χ0v) is 8.23. The van der Waals surface area contributed by atoms with Crippen molar-refractivity contribution in [3.05, 3.63) is 30.4 Å². The molecule has 1 N–H and O–H groups in total. The first-order chi connectivity index (χ1) is 7.43. The quantitative estimate of drug-likeness (QED) is 0.767. The number of nitrogens with zero attached hydrogens (tertiary/aromatic N) is 2. The van der Waals surface area contributed by atoms with Crippen molar-refractivity contribution in [2.24, 2.45) is 0 Å². The Balaban J connectivity index is 2.04. The maximum Gasteiger partial charge on any atom is 0.181 e. The fourth-order valence-corrected chi connectivity index (χ4v) is 1.81. The van der Waals surface area contributed by atoms with Gasteiger partial charge in [0.05, 0.1) is 17.6 Å². The predicted octanol–water partition coefficient (Wildman–Crippen LogP) is 2.09. The number of pyridine rings is 1. The fraction of sp³-hybridized carbons (Fsp3) is 0.273. The third-order valence-electron chi connectivity index (χ3n) is 2.56. The molecular weight excluding hydrogens is 190 g/mol. The summed E-state index contributed by atoms with van der Waals surface area (Å²) in [5, 5.41) is 3.33. The lowest BCUT2D eigenvalue weighted by Crippen LogP contribution is -2.13. The van der Waals surface area contributed by atoms with Crippen LogP contribution in [0.15, 0.2) is 29.1 Å². The molecule has 4 heteroatoms. The van der Waals surface area contributed by atoms with Gasteiger partial charge >= 0.3 is 0 Å². The number of fused-ring (bicyclic) bond motifs is 1. The fourth-order valence-electron chi connectivity index (χ4n) is 1.81. The van der Waals surface area contributed by atoms with Gasteiger partial charge in [0.25, 0.3) is 0 Å². The Morgan fingerprint density at radius 2 is 2.33 bits per heavy atom. The maximum atomic E-state index is 5.22. The summed E-state index contributed by atoms with van der Waals surface area (Å²) in [6.07, 6.45) is 5.28. The smallest absolute Gasteiger partial charge is 0.181 e. The summed E-state index contributed by atoms with van der Waals surface area (Å²) in [6.45, 7) is 1.04. The molecule has 2 aromatic heterocycles. The molecule has 3 rings (SSSR count). The van der Waals surface area contributed by atoms with Gasteiger partial charge in [-0.3, -0.25) is 0 Å². The standard InChI is InChI=1S/C11H11N3O/c1-2-9-8(13-5-1)3-4-10(14-9)11-6-12-7-15-11/h3-4,6-7,13H,1-2,5H2. The number of nitrogens with one attached hydrogen (secondary N) is 1. The van der Waals surface area contributed by atoms with Crippen LogP contribution in [0.25, 0.3) is 11.5 Å². The third kappa shape index (κ3) is 1.48. The number of aryl methyl sites for hydroxylation is 1. The summed E-state index contributed by atoms with van der Waals surface area (Å²) in [6, 6.07) is 4.01. The predicted molar refractivity (Wildman–Crippen MR) is 56.5 cm³/mol. The zero-order chi connectivity index (χ0) is 10.1. The Bertz CT molecular complexity index is 465. The van der Waals surface area contributed by atoms with E-state index in [1.807, 2.05) is 6.07 Å². The number of aromatic nitrogens is 2. The molecule has 4 nitrogen and oxygen atoms in total. The lowest BCUT2D eigenvalue weighted by Gasteiger charge is -2.16. The molecule has 15 heavy (non-hydrogen) atoms. The van der Waals surface area contributed by atoms with Crippen molar-refractivity contribution in [1.29, 1.82) is 0 Å². The molecule has 0 saturated carbocycles. The lowest BCUT2D eigenvalue weighted by molar-refractivity contribution is 0.569. The van der Waals surface area contributed by atoms with Gasteiger partial charge in [0.2, 0.25) is 0 Å². The number of hydrogen-bond acceptors (Lipinski definition) is 4. The first-order valence-corrected chi connectivity index (χ1v) is 5.06. The van der Waals surface area contributed by atoms with Crippen molar-refractivity contribution in [3.63, 3.8) is 0 Å². The summed E-state index contributed by atoms with van der Waals surface area (Å²) < 4.78 is 5.22. The SMILES string of the molecule is c1ncc(-c2ccc3c(n2)CCCN3)o1. The minimum atomic E-state index is 0.725. The Morgan fingerprint density at radius 1 is 1.33 bits per heavy atom. The molecule has 0 fully saturated rings. The molecule has 3 heterocycles. The zero-order valence-electron chi connectivity index (χ0n) is 8.23. The van der Waals surface area contributed by atoms with Crippen LogP contribution in [0.4, 0.5) is 5.69 Å². The molecule has 0 unspecified atom stereocenters. The molecule has 0 aromatic carbocycles. The van der Waals surface area contributed by atoms with E-state index in [0.29, 0.717) is 0 Å². The van der Waals surface area contributed by atoms with E-state index in [9.17, 15) is 0 Å². The van der Waals surface area contributed by atoms with Crippen LogP contribution in [0.5, 0.6) is 0 Å². The van der Waals surface area contributed by atoms with Crippen molar-refractivity contribution < 1.29 is 4.42 Å². The average molecular weight is 201 g/mol. The minimum absolute atomic E-state index is 0.725. The largest absolute Gasteiger partial charge is 0.442 e. The first-order valence-electron chi connectivity index (χ1n) is 5.06. The summed E-state index contributed by atoms with van der Waals surface area (Å²) in [5.74, 6) is 0.725. The number of rotatable bonds is 1. The second-order valence-electron chi connectivity index (χ2n) is 3.59. The number of anilines is 1. The molecule has 76 valence electrons. The van der Waals surface area contributed by atoms with Gasteiger partial charge in [-0.2, -0.15) is 0 Å². The van der Waals surface area contributed by atoms with E-state index in [0.717, 1.165) is 42.2 Å². The highest BCUT2D eigenvalue weighted by Crippen LogP contribution is 2.24. The monoisotopic (exact) mass is 201 g/mol. The van der Waals surface area contributed by atoms with Crippen molar-refractivity contribution in [2.45, 2.75) is 12.8 Å². The van der Waals surface area contributed by atoms with Crippen LogP contribution in [0.2, 0.25) is 0 Å². The van der Waals surface area contributed by atoms with E-state index in [1.54, 1.807) is 6.20 Å². The van der Waals surface area contributed by atoms with Gasteiger partial charge in [0.15, 0.2) is 12.2 Å². The Kier molecular flexibility index (Phi) is 1.91. The molecule has 1 aliphatic heterocycles. The van der Waals surface area contributed by atoms with Crippen molar-refractivity contribution >= 4 is 5.69 Å². The van der Waals surface area contributed by atoms with E-state index >= 15 is 0 Å². The van der Waals surface area contributed by atoms with Crippen molar-refractivity contribution in [3.8, 4) is 11.5 Å². The highest BCUT2D eigenvalue weighted by molar-refractivity contribution is 5.58. The van der Waals surface area contributed by atoms with E-state index in [-0.39, 0.29) is 0 Å². The second-order valence-corrected chi connectivity index (χ2v) is 3.59. The van der Waals surface area contributed by atoms with Crippen molar-refractivity contribution in [2.75, 3.05) is 11.9 Å². The van der Waals surface area contributed by atoms with Gasteiger partial charge in [-0.25, -0.2) is 9.97 Å². The van der Waals surface area contributed by atoms with Crippen LogP contribution < -0.4 is 5.32 Å². The van der Waals surface area contributed by atoms with Crippen molar-refractivity contribution in [1.82, 2.24) is 9.97 Å². The minimum Gasteiger partial charge on any atom is -0.442 e. The molecule has 1 aliphatic rings. The first kappa shape index (κ1) is 8.47. The van der Waals surface area contributed by atoms with Crippen LogP contribution in [0, 0.1) is 0 Å². The van der Waals surface area contributed by atoms with Gasteiger partial charge in [-0.15, -0.1) is 0 Å². The van der Waals surface area contributed by atoms with Gasteiger partial charge in [-0.05, 0) is 25.0 Å². The second kappa shape index (κ2) is 3.38. The van der Waals surface area contributed by atoms with E-state index in [2.05, 4.69) is 21.4 Å². The van der Waals surface area contributed by atoms with Gasteiger partial charge in [0.1, 0.15) is 5.69 Å². The molecule has 0 aliphatic carbocycles. The van der Waals surface area contributed by atoms with E-state index < -0.39 is 0 Å². The van der Waals surface area contributed by atoms with Crippen LogP contribution in [0.3, 0.4) is 0 Å². The molecule has 0 atom stereocenters. The van der Waals surface area contributed by atoms with Gasteiger partial charge in [-0.1, -0.05) is 0 Å². The molecule has 0 bridgehead atoms. The van der Waals surface area contributed by atoms with Crippen LogP contribution >= 0.6 is 0 Å². The summed E-state index contributed by atoms with van der Waals surface area (Å²) in [5.41, 5.74) is 3.12. The molecule has 2 aromatic rings. The third-order valence-corrected chi connectivity index (χ3v) is 2.56. The molecule has 0 saturated heterocycles. The summed E-state index contributed by atoms with van der Waals surface area (Å²) in [7, 11) is 0. The number of oxazole rings is 1. The van der Waals surface area contributed by atoms with E-state index in [1.165, 1.54) is 6.39 Å². The normalized spacial score (nSPS) is 14.4. The van der Waals surface area contributed by atoms with Gasteiger partial charge in [0, 0.05) is 6.54 Å². The Hall–Kier alpha value is -1.84. The summed E-state index contributed by atoms with van der Waals surface area (Å²) in [4.78, 5) is 8.45. The highest BCUT2D eigenvalue weighted by atomic mass is 16.3. The number of hydrogen-bond donors (Lipinski definition) is 1. The highest BCUT2D eigenvalue weighted by Gasteiger charge is 2.12. The lowest BCUT2D eigenvalue weighted by atomic mass is 10.1. The van der Waals surface area contributed by atoms with Crippen LogP contribution in [-0.2, 0) is 6.42 Å². The maximum absolute atomic E-state index is 5.22. The van der Waals surface area contributed by atoms with Gasteiger partial charge < -0.3 is 9.73 Å². The topological polar surface area (TPSA) is 51.0 Å². The Labute approximate surface area is 87.4 Å². The average Bonchev–Trinajstić information content (AvgIpc) is 2.82. The summed E-state index contributed by atoms with van der Waals surface area (Å²) >= 11 is 0. The molecular formula is C11H11N3O. The Morgan fingerprint density at radius 3 is 3.20 bits per heavy atom. The molecule has 0 spiro atoms. The molecule has 0 amide bonds. The van der Waals surface area contributed by atoms with E-state index in [4.69, 9.17) is 4.42 Å². The van der Waals surface area contributed by atoms with Crippen LogP contribution in [-0.4, -0.2) is 16.5 Å². The molecule has 0 radical (unpaired) electrons.